The lowest BCUT2D eigenvalue weighted by Crippen LogP contribution is -2.40. The molecule has 7 heteroatoms. The van der Waals surface area contributed by atoms with E-state index in [2.05, 4.69) is 15.3 Å². The quantitative estimate of drug-likeness (QED) is 0.666. The van der Waals surface area contributed by atoms with Gasteiger partial charge in [-0.05, 0) is 48.9 Å². The van der Waals surface area contributed by atoms with Gasteiger partial charge in [-0.3, -0.25) is 4.79 Å². The molecule has 1 amide bonds. The molecular formula is C22H23N5O2. The molecule has 0 unspecified atom stereocenters. The minimum atomic E-state index is 0.0234. The van der Waals surface area contributed by atoms with Gasteiger partial charge in [-0.25, -0.2) is 9.97 Å². The number of hydrogen-bond donors (Lipinski definition) is 2. The van der Waals surface area contributed by atoms with Crippen LogP contribution >= 0.6 is 0 Å². The number of nitrogen functional groups attached to an aromatic ring is 1. The zero-order chi connectivity index (χ0) is 20.2. The maximum Gasteiger partial charge on any atom is 0.254 e. The van der Waals surface area contributed by atoms with Gasteiger partial charge in [0.15, 0.2) is 0 Å². The van der Waals surface area contributed by atoms with Gasteiger partial charge < -0.3 is 20.7 Å². The van der Waals surface area contributed by atoms with Crippen LogP contribution in [0.1, 0.15) is 15.9 Å². The van der Waals surface area contributed by atoms with Crippen LogP contribution in [0.15, 0.2) is 54.7 Å². The number of rotatable bonds is 4. The number of carbonyl (C=O) groups is 1. The largest absolute Gasteiger partial charge is 0.398 e. The van der Waals surface area contributed by atoms with Gasteiger partial charge in [0.25, 0.3) is 5.91 Å². The van der Waals surface area contributed by atoms with Gasteiger partial charge in [-0.15, -0.1) is 0 Å². The Morgan fingerprint density at radius 3 is 2.62 bits per heavy atom. The molecule has 2 heterocycles. The lowest BCUT2D eigenvalue weighted by atomic mass is 10.0. The molecule has 0 bridgehead atoms. The van der Waals surface area contributed by atoms with Crippen molar-refractivity contribution in [3.8, 4) is 11.3 Å². The molecule has 1 aromatic heterocycles. The van der Waals surface area contributed by atoms with Gasteiger partial charge in [0.05, 0.1) is 18.9 Å². The first-order valence-electron chi connectivity index (χ1n) is 9.54. The molecule has 1 saturated heterocycles. The van der Waals surface area contributed by atoms with E-state index in [1.807, 2.05) is 60.4 Å². The zero-order valence-corrected chi connectivity index (χ0v) is 16.3. The molecule has 2 aromatic carbocycles. The number of aromatic nitrogens is 2. The summed E-state index contributed by atoms with van der Waals surface area (Å²) < 4.78 is 5.30. The third kappa shape index (κ3) is 4.20. The van der Waals surface area contributed by atoms with Gasteiger partial charge in [0, 0.05) is 41.8 Å². The second-order valence-electron chi connectivity index (χ2n) is 6.89. The number of ether oxygens (including phenoxy) is 1. The minimum Gasteiger partial charge on any atom is -0.398 e. The highest BCUT2D eigenvalue weighted by molar-refractivity contribution is 5.94. The Balaban J connectivity index is 1.49. The van der Waals surface area contributed by atoms with Gasteiger partial charge in [-0.2, -0.15) is 0 Å². The topological polar surface area (TPSA) is 93.4 Å². The number of nitrogens with one attached hydrogen (secondary N) is 1. The van der Waals surface area contributed by atoms with Crippen molar-refractivity contribution in [3.63, 3.8) is 0 Å². The summed E-state index contributed by atoms with van der Waals surface area (Å²) >= 11 is 0. The molecule has 0 aliphatic carbocycles. The van der Waals surface area contributed by atoms with Crippen LogP contribution in [0.2, 0.25) is 0 Å². The molecule has 0 saturated carbocycles. The molecule has 3 aromatic rings. The van der Waals surface area contributed by atoms with Crippen LogP contribution < -0.4 is 11.1 Å². The Bertz CT molecular complexity index is 1010. The Morgan fingerprint density at radius 1 is 1.10 bits per heavy atom. The van der Waals surface area contributed by atoms with Crippen molar-refractivity contribution in [1.29, 1.82) is 0 Å². The molecule has 4 rings (SSSR count). The number of anilines is 3. The Labute approximate surface area is 169 Å². The molecule has 1 aliphatic heterocycles. The number of carbonyl (C=O) groups excluding carboxylic acids is 1. The standard InChI is InChI=1S/C22H23N5O2/c1-15-18(3-2-4-19(15)23)20-9-10-24-22(26-20)25-17-7-5-16(6-8-17)21(28)27-11-13-29-14-12-27/h2-10H,11-14,23H2,1H3,(H,24,25,26). The average Bonchev–Trinajstić information content (AvgIpc) is 2.76. The maximum absolute atomic E-state index is 12.5. The molecule has 3 N–H and O–H groups in total. The number of morpholine rings is 1. The summed E-state index contributed by atoms with van der Waals surface area (Å²) in [5.74, 6) is 0.506. The van der Waals surface area contributed by atoms with Crippen molar-refractivity contribution in [2.45, 2.75) is 6.92 Å². The number of benzene rings is 2. The van der Waals surface area contributed by atoms with Crippen molar-refractivity contribution >= 4 is 23.2 Å². The van der Waals surface area contributed by atoms with Gasteiger partial charge in [0.2, 0.25) is 5.95 Å². The number of nitrogens with two attached hydrogens (primary N) is 1. The second kappa shape index (κ2) is 8.28. The monoisotopic (exact) mass is 389 g/mol. The number of hydrogen-bond acceptors (Lipinski definition) is 6. The minimum absolute atomic E-state index is 0.0234. The van der Waals surface area contributed by atoms with E-state index >= 15 is 0 Å². The molecule has 0 atom stereocenters. The first kappa shape index (κ1) is 18.9. The number of nitrogens with zero attached hydrogens (tertiary/aromatic N) is 3. The van der Waals surface area contributed by atoms with E-state index in [1.54, 1.807) is 6.20 Å². The zero-order valence-electron chi connectivity index (χ0n) is 16.3. The molecule has 148 valence electrons. The fourth-order valence-electron chi connectivity index (χ4n) is 3.27. The summed E-state index contributed by atoms with van der Waals surface area (Å²) in [5.41, 5.74) is 11.0. The highest BCUT2D eigenvalue weighted by Gasteiger charge is 2.18. The molecule has 0 radical (unpaired) electrons. The average molecular weight is 389 g/mol. The summed E-state index contributed by atoms with van der Waals surface area (Å²) in [7, 11) is 0. The Morgan fingerprint density at radius 2 is 1.86 bits per heavy atom. The smallest absolute Gasteiger partial charge is 0.254 e. The van der Waals surface area contributed by atoms with Gasteiger partial charge >= 0.3 is 0 Å². The number of amides is 1. The third-order valence-corrected chi connectivity index (χ3v) is 4.99. The Hall–Kier alpha value is -3.45. The van der Waals surface area contributed by atoms with E-state index in [0.29, 0.717) is 37.8 Å². The van der Waals surface area contributed by atoms with Crippen LogP contribution in [0.3, 0.4) is 0 Å². The molecule has 7 nitrogen and oxygen atoms in total. The predicted molar refractivity (Wildman–Crippen MR) is 113 cm³/mol. The van der Waals surface area contributed by atoms with E-state index in [4.69, 9.17) is 10.5 Å². The van der Waals surface area contributed by atoms with Crippen LogP contribution in [0.5, 0.6) is 0 Å². The lowest BCUT2D eigenvalue weighted by Gasteiger charge is -2.26. The molecule has 0 spiro atoms. The third-order valence-electron chi connectivity index (χ3n) is 4.99. The fraction of sp³-hybridized carbons (Fsp3) is 0.227. The van der Waals surface area contributed by atoms with Crippen molar-refractivity contribution in [1.82, 2.24) is 14.9 Å². The molecular weight excluding hydrogens is 366 g/mol. The second-order valence-corrected chi connectivity index (χ2v) is 6.89. The van der Waals surface area contributed by atoms with Crippen LogP contribution in [0.4, 0.5) is 17.3 Å². The van der Waals surface area contributed by atoms with Crippen LogP contribution in [-0.2, 0) is 4.74 Å². The SMILES string of the molecule is Cc1c(N)cccc1-c1ccnc(Nc2ccc(C(=O)N3CCOCC3)cc2)n1. The van der Waals surface area contributed by atoms with E-state index in [-0.39, 0.29) is 5.91 Å². The van der Waals surface area contributed by atoms with Crippen molar-refractivity contribution in [2.75, 3.05) is 37.4 Å². The molecule has 1 aliphatic rings. The van der Waals surface area contributed by atoms with Crippen molar-refractivity contribution < 1.29 is 9.53 Å². The first-order valence-corrected chi connectivity index (χ1v) is 9.54. The lowest BCUT2D eigenvalue weighted by molar-refractivity contribution is 0.0303. The van der Waals surface area contributed by atoms with E-state index in [1.165, 1.54) is 0 Å². The summed E-state index contributed by atoms with van der Waals surface area (Å²) in [6.45, 7) is 4.41. The van der Waals surface area contributed by atoms with Gasteiger partial charge in [-0.1, -0.05) is 12.1 Å². The van der Waals surface area contributed by atoms with E-state index in [9.17, 15) is 4.79 Å². The normalized spacial score (nSPS) is 13.9. The summed E-state index contributed by atoms with van der Waals surface area (Å²) in [5, 5.41) is 3.20. The predicted octanol–water partition coefficient (Wildman–Crippen LogP) is 3.25. The Kier molecular flexibility index (Phi) is 5.39. The first-order chi connectivity index (χ1) is 14.1. The highest BCUT2D eigenvalue weighted by Crippen LogP contribution is 2.26. The summed E-state index contributed by atoms with van der Waals surface area (Å²) in [6, 6.07) is 15.0. The molecule has 1 fully saturated rings. The van der Waals surface area contributed by atoms with Crippen molar-refractivity contribution in [3.05, 3.63) is 65.9 Å². The van der Waals surface area contributed by atoms with Crippen LogP contribution in [0.25, 0.3) is 11.3 Å². The van der Waals surface area contributed by atoms with E-state index in [0.717, 1.165) is 28.2 Å². The van der Waals surface area contributed by atoms with Crippen LogP contribution in [-0.4, -0.2) is 47.1 Å². The van der Waals surface area contributed by atoms with E-state index < -0.39 is 0 Å². The summed E-state index contributed by atoms with van der Waals surface area (Å²) in [4.78, 5) is 23.3. The van der Waals surface area contributed by atoms with Gasteiger partial charge in [0.1, 0.15) is 0 Å². The summed E-state index contributed by atoms with van der Waals surface area (Å²) in [6.07, 6.45) is 1.71. The van der Waals surface area contributed by atoms with Crippen molar-refractivity contribution in [2.24, 2.45) is 0 Å². The maximum atomic E-state index is 12.5. The highest BCUT2D eigenvalue weighted by atomic mass is 16.5. The fourth-order valence-corrected chi connectivity index (χ4v) is 3.27. The molecule has 29 heavy (non-hydrogen) atoms. The van der Waals surface area contributed by atoms with Crippen LogP contribution in [0, 0.1) is 6.92 Å².